The monoisotopic (exact) mass is 359 g/mol. The van der Waals surface area contributed by atoms with E-state index in [1.165, 1.54) is 19.1 Å². The van der Waals surface area contributed by atoms with Gasteiger partial charge in [-0.15, -0.1) is 13.2 Å². The molecule has 0 saturated carbocycles. The van der Waals surface area contributed by atoms with E-state index in [1.54, 1.807) is 0 Å². The Labute approximate surface area is 140 Å². The summed E-state index contributed by atoms with van der Waals surface area (Å²) < 4.78 is 45.0. The fraction of sp³-hybridized carbons (Fsp3) is 0.333. The molecule has 7 nitrogen and oxygen atoms in total. The van der Waals surface area contributed by atoms with Crippen molar-refractivity contribution in [3.05, 3.63) is 47.7 Å². The number of aliphatic hydroxyl groups excluding tert-OH is 1. The molecular formula is C15H16F3N3O4. The molecular weight excluding hydrogens is 343 g/mol. The second-order valence-corrected chi connectivity index (χ2v) is 5.21. The average molecular weight is 359 g/mol. The predicted octanol–water partition coefficient (Wildman–Crippen LogP) is 1.88. The van der Waals surface area contributed by atoms with Crippen molar-refractivity contribution in [1.82, 2.24) is 10.3 Å². The number of rotatable bonds is 6. The molecule has 0 fully saturated rings. The Hall–Kier alpha value is -2.59. The molecule has 1 aromatic heterocycles. The summed E-state index contributed by atoms with van der Waals surface area (Å²) in [6, 6.07) is 4.20. The van der Waals surface area contributed by atoms with E-state index in [-0.39, 0.29) is 23.9 Å². The van der Waals surface area contributed by atoms with E-state index in [2.05, 4.69) is 15.0 Å². The van der Waals surface area contributed by atoms with Gasteiger partial charge < -0.3 is 25.3 Å². The normalized spacial score (nSPS) is 14.0. The third kappa shape index (κ3) is 5.47. The van der Waals surface area contributed by atoms with Gasteiger partial charge in [0.05, 0.1) is 6.10 Å². The van der Waals surface area contributed by atoms with Crippen LogP contribution >= 0.6 is 0 Å². The van der Waals surface area contributed by atoms with Crippen molar-refractivity contribution in [2.75, 3.05) is 0 Å². The number of amides is 1. The molecule has 136 valence electrons. The molecule has 10 heteroatoms. The molecule has 1 amide bonds. The fourth-order valence-corrected chi connectivity index (χ4v) is 1.83. The first-order valence-electron chi connectivity index (χ1n) is 7.17. The molecule has 4 N–H and O–H groups in total. The van der Waals surface area contributed by atoms with Crippen LogP contribution in [-0.4, -0.2) is 28.5 Å². The van der Waals surface area contributed by atoms with E-state index in [4.69, 9.17) is 10.2 Å². The maximum absolute atomic E-state index is 12.1. The van der Waals surface area contributed by atoms with Crippen LogP contribution in [0.3, 0.4) is 0 Å². The van der Waals surface area contributed by atoms with E-state index < -0.39 is 24.4 Å². The number of hydrogen-bond acceptors (Lipinski definition) is 6. The van der Waals surface area contributed by atoms with Crippen LogP contribution in [0.2, 0.25) is 0 Å². The molecule has 2 atom stereocenters. The van der Waals surface area contributed by atoms with Crippen molar-refractivity contribution in [1.29, 1.82) is 0 Å². The molecule has 2 unspecified atom stereocenters. The van der Waals surface area contributed by atoms with Crippen LogP contribution in [0.1, 0.15) is 34.9 Å². The molecule has 1 heterocycles. The standard InChI is InChI=1S/C15H16F3N3O4/c1-8(22)12(19)14-21-11(7-24-14)13(23)20-6-9-2-4-10(5-3-9)25-15(16,17)18/h2-5,7-8,12,22H,6,19H2,1H3,(H,20,23). The largest absolute Gasteiger partial charge is 0.573 e. The minimum Gasteiger partial charge on any atom is -0.446 e. The molecule has 2 rings (SSSR count). The van der Waals surface area contributed by atoms with Crippen LogP contribution in [0.4, 0.5) is 13.2 Å². The maximum Gasteiger partial charge on any atom is 0.573 e. The van der Waals surface area contributed by atoms with Gasteiger partial charge >= 0.3 is 6.36 Å². The summed E-state index contributed by atoms with van der Waals surface area (Å²) in [4.78, 5) is 15.9. The van der Waals surface area contributed by atoms with Crippen LogP contribution in [0, 0.1) is 0 Å². The zero-order valence-electron chi connectivity index (χ0n) is 13.1. The number of aliphatic hydroxyl groups is 1. The van der Waals surface area contributed by atoms with Crippen molar-refractivity contribution in [2.45, 2.75) is 32.0 Å². The number of hydrogen-bond donors (Lipinski definition) is 3. The number of nitrogens with zero attached hydrogens (tertiary/aromatic N) is 1. The number of oxazole rings is 1. The highest BCUT2D eigenvalue weighted by atomic mass is 19.4. The Bertz CT molecular complexity index is 714. The quantitative estimate of drug-likeness (QED) is 0.726. The van der Waals surface area contributed by atoms with Gasteiger partial charge in [0, 0.05) is 6.54 Å². The summed E-state index contributed by atoms with van der Waals surface area (Å²) in [5, 5.41) is 11.9. The Balaban J connectivity index is 1.92. The number of halogens is 3. The predicted molar refractivity (Wildman–Crippen MR) is 79.4 cm³/mol. The summed E-state index contributed by atoms with van der Waals surface area (Å²) >= 11 is 0. The molecule has 0 aliphatic heterocycles. The van der Waals surface area contributed by atoms with E-state index >= 15 is 0 Å². The molecule has 0 radical (unpaired) electrons. The van der Waals surface area contributed by atoms with E-state index in [0.29, 0.717) is 5.56 Å². The third-order valence-electron chi connectivity index (χ3n) is 3.17. The molecule has 0 aliphatic carbocycles. The van der Waals surface area contributed by atoms with Crippen molar-refractivity contribution in [2.24, 2.45) is 5.73 Å². The highest BCUT2D eigenvalue weighted by molar-refractivity contribution is 5.91. The van der Waals surface area contributed by atoms with Gasteiger partial charge in [-0.25, -0.2) is 4.98 Å². The Morgan fingerprint density at radius 3 is 2.60 bits per heavy atom. The zero-order chi connectivity index (χ0) is 18.6. The van der Waals surface area contributed by atoms with Crippen LogP contribution in [-0.2, 0) is 6.54 Å². The number of ether oxygens (including phenoxy) is 1. The maximum atomic E-state index is 12.1. The number of nitrogens with one attached hydrogen (secondary N) is 1. The summed E-state index contributed by atoms with van der Waals surface area (Å²) in [5.41, 5.74) is 6.18. The number of aromatic nitrogens is 1. The number of benzene rings is 1. The lowest BCUT2D eigenvalue weighted by atomic mass is 10.2. The average Bonchev–Trinajstić information content (AvgIpc) is 3.01. The molecule has 25 heavy (non-hydrogen) atoms. The smallest absolute Gasteiger partial charge is 0.446 e. The van der Waals surface area contributed by atoms with Crippen LogP contribution in [0.15, 0.2) is 34.9 Å². The SMILES string of the molecule is CC(O)C(N)c1nc(C(=O)NCc2ccc(OC(F)(F)F)cc2)co1. The summed E-state index contributed by atoms with van der Waals surface area (Å²) in [6.07, 6.45) is -4.55. The molecule has 0 saturated heterocycles. The second kappa shape index (κ2) is 7.53. The number of alkyl halides is 3. The lowest BCUT2D eigenvalue weighted by molar-refractivity contribution is -0.274. The third-order valence-corrected chi connectivity index (χ3v) is 3.17. The second-order valence-electron chi connectivity index (χ2n) is 5.21. The first-order chi connectivity index (χ1) is 11.7. The van der Waals surface area contributed by atoms with E-state index in [1.807, 2.05) is 0 Å². The van der Waals surface area contributed by atoms with Gasteiger partial charge in [0.25, 0.3) is 5.91 Å². The van der Waals surface area contributed by atoms with Gasteiger partial charge in [-0.3, -0.25) is 4.79 Å². The number of carbonyl (C=O) groups excluding carboxylic acids is 1. The van der Waals surface area contributed by atoms with Crippen molar-refractivity contribution in [3.63, 3.8) is 0 Å². The zero-order valence-corrected chi connectivity index (χ0v) is 13.1. The van der Waals surface area contributed by atoms with Gasteiger partial charge in [0.15, 0.2) is 5.69 Å². The molecule has 1 aromatic carbocycles. The van der Waals surface area contributed by atoms with Crippen molar-refractivity contribution < 1.29 is 32.2 Å². The Morgan fingerprint density at radius 1 is 1.40 bits per heavy atom. The number of carbonyl (C=O) groups is 1. The molecule has 0 spiro atoms. The summed E-state index contributed by atoms with van der Waals surface area (Å²) in [6.45, 7) is 1.52. The molecule has 2 aromatic rings. The van der Waals surface area contributed by atoms with Gasteiger partial charge in [0.1, 0.15) is 18.1 Å². The first-order valence-corrected chi connectivity index (χ1v) is 7.17. The van der Waals surface area contributed by atoms with Crippen molar-refractivity contribution >= 4 is 5.91 Å². The highest BCUT2D eigenvalue weighted by Crippen LogP contribution is 2.22. The van der Waals surface area contributed by atoms with E-state index in [0.717, 1.165) is 18.4 Å². The van der Waals surface area contributed by atoms with E-state index in [9.17, 15) is 23.1 Å². The Morgan fingerprint density at radius 2 is 2.04 bits per heavy atom. The number of nitrogens with two attached hydrogens (primary N) is 1. The van der Waals surface area contributed by atoms with Crippen LogP contribution < -0.4 is 15.8 Å². The van der Waals surface area contributed by atoms with Gasteiger partial charge in [-0.2, -0.15) is 0 Å². The van der Waals surface area contributed by atoms with Gasteiger partial charge in [-0.05, 0) is 24.6 Å². The summed E-state index contributed by atoms with van der Waals surface area (Å²) in [5.74, 6) is -0.881. The fourth-order valence-electron chi connectivity index (χ4n) is 1.83. The van der Waals surface area contributed by atoms with Gasteiger partial charge in [-0.1, -0.05) is 12.1 Å². The lowest BCUT2D eigenvalue weighted by Crippen LogP contribution is -2.25. The highest BCUT2D eigenvalue weighted by Gasteiger charge is 2.30. The Kier molecular flexibility index (Phi) is 5.65. The van der Waals surface area contributed by atoms with Crippen molar-refractivity contribution in [3.8, 4) is 5.75 Å². The van der Waals surface area contributed by atoms with Crippen LogP contribution in [0.25, 0.3) is 0 Å². The molecule has 0 aliphatic rings. The molecule has 0 bridgehead atoms. The minimum absolute atomic E-state index is 0.0220. The first kappa shape index (κ1) is 18.7. The topological polar surface area (TPSA) is 111 Å². The minimum atomic E-state index is -4.76. The van der Waals surface area contributed by atoms with Crippen LogP contribution in [0.5, 0.6) is 5.75 Å². The van der Waals surface area contributed by atoms with Gasteiger partial charge in [0.2, 0.25) is 5.89 Å². The lowest BCUT2D eigenvalue weighted by Gasteiger charge is -2.09. The summed E-state index contributed by atoms with van der Waals surface area (Å²) in [7, 11) is 0.